The van der Waals surface area contributed by atoms with Crippen LogP contribution in [0.3, 0.4) is 0 Å². The summed E-state index contributed by atoms with van der Waals surface area (Å²) in [4.78, 5) is 20.9. The summed E-state index contributed by atoms with van der Waals surface area (Å²) in [6, 6.07) is 9.06. The summed E-state index contributed by atoms with van der Waals surface area (Å²) in [5.74, 6) is 1.44. The van der Waals surface area contributed by atoms with Crippen molar-refractivity contribution in [1.82, 2.24) is 9.97 Å². The maximum absolute atomic E-state index is 11.4. The summed E-state index contributed by atoms with van der Waals surface area (Å²) in [6.45, 7) is 0. The molecule has 6 heteroatoms. The molecule has 0 amide bonds. The Labute approximate surface area is 164 Å². The van der Waals surface area contributed by atoms with E-state index in [-0.39, 0.29) is 5.97 Å². The number of carbonyl (C=O) groups excluding carboxylic acids is 1. The smallest absolute Gasteiger partial charge is 0.306 e. The topological polar surface area (TPSA) is 64.1 Å². The van der Waals surface area contributed by atoms with Gasteiger partial charge in [0.1, 0.15) is 5.82 Å². The van der Waals surface area contributed by atoms with E-state index < -0.39 is 0 Å². The number of esters is 1. The summed E-state index contributed by atoms with van der Waals surface area (Å²) in [6.07, 6.45) is 6.91. The summed E-state index contributed by atoms with van der Waals surface area (Å²) in [7, 11) is 1.42. The van der Waals surface area contributed by atoms with E-state index in [2.05, 4.69) is 29.6 Å². The largest absolute Gasteiger partial charge is 0.469 e. The quantitative estimate of drug-likeness (QED) is 0.467. The number of anilines is 1. The molecule has 0 aliphatic heterocycles. The van der Waals surface area contributed by atoms with Crippen LogP contribution in [-0.2, 0) is 35.2 Å². The average Bonchev–Trinajstić information content (AvgIpc) is 3.10. The van der Waals surface area contributed by atoms with Crippen LogP contribution in [0.1, 0.15) is 41.6 Å². The van der Waals surface area contributed by atoms with Crippen molar-refractivity contribution in [1.29, 1.82) is 0 Å². The molecule has 0 radical (unpaired) electrons. The van der Waals surface area contributed by atoms with Gasteiger partial charge in [-0.3, -0.25) is 4.79 Å². The number of rotatable bonds is 6. The Morgan fingerprint density at radius 3 is 2.67 bits per heavy atom. The maximum Gasteiger partial charge on any atom is 0.306 e. The van der Waals surface area contributed by atoms with E-state index in [1.54, 1.807) is 0 Å². The molecule has 2 aliphatic rings. The van der Waals surface area contributed by atoms with Crippen LogP contribution >= 0.6 is 11.8 Å². The van der Waals surface area contributed by atoms with Crippen LogP contribution in [0.2, 0.25) is 0 Å². The fourth-order valence-corrected chi connectivity index (χ4v) is 4.72. The molecule has 0 bridgehead atoms. The summed E-state index contributed by atoms with van der Waals surface area (Å²) in [5, 5.41) is 4.47. The molecule has 2 aliphatic carbocycles. The number of nitrogens with zero attached hydrogens (tertiary/aromatic N) is 2. The molecule has 27 heavy (non-hydrogen) atoms. The number of carbonyl (C=O) groups is 1. The predicted octanol–water partition coefficient (Wildman–Crippen LogP) is 3.59. The zero-order valence-electron chi connectivity index (χ0n) is 15.7. The lowest BCUT2D eigenvalue weighted by Crippen LogP contribution is -2.23. The molecule has 142 valence electrons. The van der Waals surface area contributed by atoms with Crippen molar-refractivity contribution in [3.05, 3.63) is 46.6 Å². The minimum absolute atomic E-state index is 0.192. The van der Waals surface area contributed by atoms with E-state index in [1.165, 1.54) is 54.1 Å². The number of hydrogen-bond acceptors (Lipinski definition) is 6. The van der Waals surface area contributed by atoms with Gasteiger partial charge in [0.15, 0.2) is 5.16 Å². The molecule has 4 rings (SSSR count). The van der Waals surface area contributed by atoms with Gasteiger partial charge in [-0.05, 0) is 49.7 Å². The van der Waals surface area contributed by atoms with Gasteiger partial charge < -0.3 is 10.1 Å². The molecule has 1 N–H and O–H groups in total. The third-order valence-electron chi connectivity index (χ3n) is 5.32. The molecule has 0 fully saturated rings. The van der Waals surface area contributed by atoms with E-state index in [0.29, 0.717) is 18.2 Å². The molecule has 0 spiro atoms. The molecule has 1 aromatic carbocycles. The lowest BCUT2D eigenvalue weighted by molar-refractivity contribution is -0.140. The van der Waals surface area contributed by atoms with Crippen molar-refractivity contribution in [3.8, 4) is 0 Å². The number of aryl methyl sites for hydroxylation is 1. The van der Waals surface area contributed by atoms with E-state index in [1.807, 2.05) is 0 Å². The molecule has 2 aromatic rings. The molecule has 1 aromatic heterocycles. The van der Waals surface area contributed by atoms with E-state index in [0.717, 1.165) is 36.7 Å². The van der Waals surface area contributed by atoms with Crippen LogP contribution in [0.5, 0.6) is 0 Å². The molecule has 1 heterocycles. The number of ether oxygens (including phenoxy) is 1. The van der Waals surface area contributed by atoms with Crippen LogP contribution in [-0.4, -0.2) is 34.8 Å². The zero-order chi connectivity index (χ0) is 18.6. The Morgan fingerprint density at radius 1 is 1.19 bits per heavy atom. The first-order valence-corrected chi connectivity index (χ1v) is 10.6. The third-order valence-corrected chi connectivity index (χ3v) is 6.17. The van der Waals surface area contributed by atoms with Crippen LogP contribution in [0.4, 0.5) is 5.82 Å². The number of hydrogen-bond donors (Lipinski definition) is 1. The van der Waals surface area contributed by atoms with Gasteiger partial charge in [-0.15, -0.1) is 0 Å². The lowest BCUT2D eigenvalue weighted by atomic mass is 9.96. The highest BCUT2D eigenvalue weighted by atomic mass is 32.2. The maximum atomic E-state index is 11.4. The van der Waals surface area contributed by atoms with E-state index in [9.17, 15) is 4.79 Å². The fourth-order valence-electron chi connectivity index (χ4n) is 3.94. The van der Waals surface area contributed by atoms with Gasteiger partial charge in [-0.1, -0.05) is 36.0 Å². The summed E-state index contributed by atoms with van der Waals surface area (Å²) >= 11 is 1.53. The fraction of sp³-hybridized carbons (Fsp3) is 0.476. The Bertz CT molecular complexity index is 815. The van der Waals surface area contributed by atoms with Crippen molar-refractivity contribution in [3.63, 3.8) is 0 Å². The Balaban J connectivity index is 1.50. The van der Waals surface area contributed by atoms with Crippen LogP contribution in [0.25, 0.3) is 0 Å². The van der Waals surface area contributed by atoms with Crippen molar-refractivity contribution in [2.75, 3.05) is 18.2 Å². The summed E-state index contributed by atoms with van der Waals surface area (Å²) in [5.41, 5.74) is 5.33. The lowest BCUT2D eigenvalue weighted by Gasteiger charge is -2.22. The van der Waals surface area contributed by atoms with Gasteiger partial charge >= 0.3 is 5.97 Å². The van der Waals surface area contributed by atoms with Crippen LogP contribution < -0.4 is 5.32 Å². The number of aromatic nitrogens is 2. The van der Waals surface area contributed by atoms with Gasteiger partial charge in [0, 0.05) is 17.4 Å². The first kappa shape index (κ1) is 18.3. The molecular weight excluding hydrogens is 358 g/mol. The summed E-state index contributed by atoms with van der Waals surface area (Å²) < 4.78 is 4.72. The van der Waals surface area contributed by atoms with Crippen molar-refractivity contribution < 1.29 is 9.53 Å². The Hall–Kier alpha value is -2.08. The highest BCUT2D eigenvalue weighted by molar-refractivity contribution is 7.99. The molecule has 5 nitrogen and oxygen atoms in total. The van der Waals surface area contributed by atoms with Crippen LogP contribution in [0, 0.1) is 0 Å². The van der Waals surface area contributed by atoms with E-state index in [4.69, 9.17) is 14.7 Å². The molecular formula is C21H25N3O2S. The predicted molar refractivity (Wildman–Crippen MR) is 107 cm³/mol. The number of benzene rings is 1. The van der Waals surface area contributed by atoms with Gasteiger partial charge in [-0.25, -0.2) is 9.97 Å². The minimum atomic E-state index is -0.192. The van der Waals surface area contributed by atoms with Crippen LogP contribution in [0.15, 0.2) is 29.4 Å². The van der Waals surface area contributed by atoms with Gasteiger partial charge in [-0.2, -0.15) is 0 Å². The van der Waals surface area contributed by atoms with Gasteiger partial charge in [0.25, 0.3) is 0 Å². The molecule has 0 saturated carbocycles. The second-order valence-corrected chi connectivity index (χ2v) is 8.24. The first-order chi connectivity index (χ1) is 13.2. The number of fused-ring (bicyclic) bond motifs is 2. The SMILES string of the molecule is COC(=O)CCSc1nc2c(c(NC3Cc4ccccc4C3)n1)CCCC2. The van der Waals surface area contributed by atoms with Gasteiger partial charge in [0.05, 0.1) is 19.2 Å². The van der Waals surface area contributed by atoms with Crippen molar-refractivity contribution in [2.45, 2.75) is 56.1 Å². The monoisotopic (exact) mass is 383 g/mol. The molecule has 0 atom stereocenters. The second-order valence-electron chi connectivity index (χ2n) is 7.18. The Morgan fingerprint density at radius 2 is 1.93 bits per heavy atom. The first-order valence-electron chi connectivity index (χ1n) is 9.65. The van der Waals surface area contributed by atoms with Crippen molar-refractivity contribution >= 4 is 23.5 Å². The van der Waals surface area contributed by atoms with E-state index >= 15 is 0 Å². The average molecular weight is 384 g/mol. The number of methoxy groups -OCH3 is 1. The minimum Gasteiger partial charge on any atom is -0.469 e. The second kappa shape index (κ2) is 8.30. The molecule has 0 saturated heterocycles. The third kappa shape index (κ3) is 4.26. The number of thioether (sulfide) groups is 1. The highest BCUT2D eigenvalue weighted by Crippen LogP contribution is 2.31. The Kier molecular flexibility index (Phi) is 5.62. The van der Waals surface area contributed by atoms with Crippen molar-refractivity contribution in [2.24, 2.45) is 0 Å². The highest BCUT2D eigenvalue weighted by Gasteiger charge is 2.24. The zero-order valence-corrected chi connectivity index (χ0v) is 16.5. The normalized spacial score (nSPS) is 15.9. The number of nitrogens with one attached hydrogen (secondary N) is 1. The standard InChI is InChI=1S/C21H25N3O2S/c1-26-19(25)10-11-27-21-23-18-9-5-4-8-17(18)20(24-21)22-16-12-14-6-2-3-7-15(14)13-16/h2-3,6-7,16H,4-5,8-13H2,1H3,(H,22,23,24). The van der Waals surface area contributed by atoms with Gasteiger partial charge in [0.2, 0.25) is 0 Å². The molecule has 0 unspecified atom stereocenters.